The summed E-state index contributed by atoms with van der Waals surface area (Å²) in [6.45, 7) is 3.68. The van der Waals surface area contributed by atoms with Crippen molar-refractivity contribution in [3.63, 3.8) is 0 Å². The highest BCUT2D eigenvalue weighted by atomic mass is 32.1. The summed E-state index contributed by atoms with van der Waals surface area (Å²) in [7, 11) is 0. The zero-order chi connectivity index (χ0) is 22.1. The van der Waals surface area contributed by atoms with Crippen LogP contribution in [0.4, 0.5) is 5.13 Å². The van der Waals surface area contributed by atoms with Gasteiger partial charge in [0.2, 0.25) is 5.91 Å². The van der Waals surface area contributed by atoms with Crippen LogP contribution < -0.4 is 5.73 Å². The number of nitrogens with zero attached hydrogens (tertiary/aromatic N) is 4. The molecule has 2 N–H and O–H groups in total. The van der Waals surface area contributed by atoms with Crippen molar-refractivity contribution in [2.24, 2.45) is 0 Å². The molecule has 0 bridgehead atoms. The van der Waals surface area contributed by atoms with E-state index in [1.807, 2.05) is 52.1 Å². The average Bonchev–Trinajstić information content (AvgIpc) is 3.31. The van der Waals surface area contributed by atoms with Crippen molar-refractivity contribution in [2.75, 3.05) is 18.8 Å². The maximum Gasteiger partial charge on any atom is 0.242 e. The molecule has 1 aliphatic rings. The number of thiazole rings is 1. The summed E-state index contributed by atoms with van der Waals surface area (Å²) in [6.07, 6.45) is 3.55. The molecule has 6 nitrogen and oxygen atoms in total. The molecule has 2 aromatic carbocycles. The number of carbonyl (C=O) groups excluding carboxylic acids is 1. The van der Waals surface area contributed by atoms with Crippen molar-refractivity contribution in [2.45, 2.75) is 26.3 Å². The number of benzene rings is 2. The predicted octanol–water partition coefficient (Wildman–Crippen LogP) is 4.19. The summed E-state index contributed by atoms with van der Waals surface area (Å²) in [4.78, 5) is 25.8. The van der Waals surface area contributed by atoms with E-state index in [1.54, 1.807) is 0 Å². The minimum absolute atomic E-state index is 0.0958. The summed E-state index contributed by atoms with van der Waals surface area (Å²) in [6, 6.07) is 18.3. The molecule has 2 aromatic heterocycles. The van der Waals surface area contributed by atoms with Gasteiger partial charge in [0.1, 0.15) is 12.4 Å². The summed E-state index contributed by atoms with van der Waals surface area (Å²) in [5.41, 5.74) is 11.0. The second-order valence-electron chi connectivity index (χ2n) is 8.12. The monoisotopic (exact) mass is 443 g/mol. The maximum absolute atomic E-state index is 13.3. The molecule has 0 saturated heterocycles. The molecule has 0 fully saturated rings. The fraction of sp³-hybridized carbons (Fsp3) is 0.240. The molecular weight excluding hydrogens is 418 g/mol. The van der Waals surface area contributed by atoms with Crippen LogP contribution in [0.1, 0.15) is 16.1 Å². The number of rotatable bonds is 4. The Balaban J connectivity index is 1.42. The average molecular weight is 444 g/mol. The first-order chi connectivity index (χ1) is 15.6. The van der Waals surface area contributed by atoms with Gasteiger partial charge in [0.25, 0.3) is 0 Å². The van der Waals surface area contributed by atoms with Crippen LogP contribution in [0.15, 0.2) is 60.8 Å². The second-order valence-corrected chi connectivity index (χ2v) is 9.23. The number of amides is 1. The Morgan fingerprint density at radius 1 is 1.03 bits per heavy atom. The van der Waals surface area contributed by atoms with E-state index in [2.05, 4.69) is 30.1 Å². The molecule has 0 aliphatic carbocycles. The lowest BCUT2D eigenvalue weighted by Crippen LogP contribution is -2.35. The molecule has 0 unspecified atom stereocenters. The van der Waals surface area contributed by atoms with Crippen LogP contribution in [0.5, 0.6) is 0 Å². The van der Waals surface area contributed by atoms with Crippen LogP contribution >= 0.6 is 11.3 Å². The van der Waals surface area contributed by atoms with Crippen molar-refractivity contribution < 1.29 is 4.79 Å². The zero-order valence-corrected chi connectivity index (χ0v) is 18.8. The summed E-state index contributed by atoms with van der Waals surface area (Å²) >= 11 is 1.54. The number of imidazole rings is 1. The maximum atomic E-state index is 13.3. The van der Waals surface area contributed by atoms with Gasteiger partial charge in [-0.15, -0.1) is 11.3 Å². The number of aryl methyl sites for hydroxylation is 1. The standard InChI is InChI=1S/C25H25N5OS/c1-17-6-5-9-19(14-17)21-15-30(24(27-21)18-7-3-2-4-8-18)16-23(31)29-12-10-20-22(11-13-29)32-25(26)28-20/h2-9,14-15H,10-13,16H2,1H3,(H2,26,28). The van der Waals surface area contributed by atoms with Crippen molar-refractivity contribution >= 4 is 22.4 Å². The first-order valence-corrected chi connectivity index (χ1v) is 11.6. The minimum atomic E-state index is 0.0958. The van der Waals surface area contributed by atoms with Crippen LogP contribution in [0.2, 0.25) is 0 Å². The summed E-state index contributed by atoms with van der Waals surface area (Å²) < 4.78 is 1.98. The molecule has 4 aromatic rings. The third-order valence-corrected chi connectivity index (χ3v) is 6.79. The third-order valence-electron chi connectivity index (χ3n) is 5.80. The Labute approximate surface area is 191 Å². The first-order valence-electron chi connectivity index (χ1n) is 10.8. The molecule has 32 heavy (non-hydrogen) atoms. The van der Waals surface area contributed by atoms with Crippen molar-refractivity contribution in [3.05, 3.63) is 76.9 Å². The van der Waals surface area contributed by atoms with E-state index >= 15 is 0 Å². The predicted molar refractivity (Wildman–Crippen MR) is 128 cm³/mol. The van der Waals surface area contributed by atoms with Gasteiger partial charge >= 0.3 is 0 Å². The lowest BCUT2D eigenvalue weighted by Gasteiger charge is -2.21. The van der Waals surface area contributed by atoms with Gasteiger partial charge in [0.15, 0.2) is 5.13 Å². The van der Waals surface area contributed by atoms with Gasteiger partial charge < -0.3 is 15.2 Å². The minimum Gasteiger partial charge on any atom is -0.375 e. The highest BCUT2D eigenvalue weighted by Crippen LogP contribution is 2.27. The number of aromatic nitrogens is 3. The summed E-state index contributed by atoms with van der Waals surface area (Å²) in [5, 5.41) is 0.615. The largest absolute Gasteiger partial charge is 0.375 e. The Morgan fingerprint density at radius 3 is 2.62 bits per heavy atom. The fourth-order valence-corrected chi connectivity index (χ4v) is 5.04. The first kappa shape index (κ1) is 20.5. The fourth-order valence-electron chi connectivity index (χ4n) is 4.18. The van der Waals surface area contributed by atoms with E-state index in [1.165, 1.54) is 21.8 Å². The second kappa shape index (κ2) is 8.59. The molecule has 0 atom stereocenters. The Kier molecular flexibility index (Phi) is 5.49. The number of hydrogen-bond acceptors (Lipinski definition) is 5. The molecule has 162 valence electrons. The van der Waals surface area contributed by atoms with Crippen LogP contribution in [0.25, 0.3) is 22.6 Å². The third kappa shape index (κ3) is 4.16. The topological polar surface area (TPSA) is 77.0 Å². The number of anilines is 1. The quantitative estimate of drug-likeness (QED) is 0.513. The van der Waals surface area contributed by atoms with Gasteiger partial charge in [0.05, 0.1) is 11.4 Å². The zero-order valence-electron chi connectivity index (χ0n) is 18.0. The molecule has 7 heteroatoms. The van der Waals surface area contributed by atoms with Gasteiger partial charge in [-0.3, -0.25) is 4.79 Å². The van der Waals surface area contributed by atoms with Gasteiger partial charge in [-0.25, -0.2) is 9.97 Å². The molecule has 5 rings (SSSR count). The Bertz CT molecular complexity index is 1240. The molecular formula is C25H25N5OS. The molecule has 0 saturated carbocycles. The van der Waals surface area contributed by atoms with Crippen molar-refractivity contribution in [1.82, 2.24) is 19.4 Å². The van der Waals surface area contributed by atoms with Crippen LogP contribution in [0.3, 0.4) is 0 Å². The highest BCUT2D eigenvalue weighted by molar-refractivity contribution is 7.15. The van der Waals surface area contributed by atoms with Crippen LogP contribution in [-0.2, 0) is 24.2 Å². The van der Waals surface area contributed by atoms with Gasteiger partial charge in [-0.2, -0.15) is 0 Å². The van der Waals surface area contributed by atoms with Crippen LogP contribution in [-0.4, -0.2) is 38.4 Å². The smallest absolute Gasteiger partial charge is 0.242 e. The van der Waals surface area contributed by atoms with Gasteiger partial charge in [-0.05, 0) is 13.0 Å². The van der Waals surface area contributed by atoms with E-state index in [4.69, 9.17) is 10.7 Å². The number of carbonyl (C=O) groups is 1. The van der Waals surface area contributed by atoms with E-state index in [0.717, 1.165) is 41.2 Å². The summed E-state index contributed by atoms with van der Waals surface area (Å²) in [5.74, 6) is 0.900. The molecule has 0 radical (unpaired) electrons. The highest BCUT2D eigenvalue weighted by Gasteiger charge is 2.22. The molecule has 3 heterocycles. The number of nitrogen functional groups attached to an aromatic ring is 1. The van der Waals surface area contributed by atoms with E-state index in [-0.39, 0.29) is 12.5 Å². The number of fused-ring (bicyclic) bond motifs is 1. The molecule has 1 amide bonds. The molecule has 1 aliphatic heterocycles. The Hall–Kier alpha value is -3.45. The number of hydrogen-bond donors (Lipinski definition) is 1. The lowest BCUT2D eigenvalue weighted by atomic mass is 10.1. The van der Waals surface area contributed by atoms with Crippen molar-refractivity contribution in [1.29, 1.82) is 0 Å². The van der Waals surface area contributed by atoms with E-state index < -0.39 is 0 Å². The van der Waals surface area contributed by atoms with Gasteiger partial charge in [0, 0.05) is 48.1 Å². The number of nitrogens with two attached hydrogens (primary N) is 1. The van der Waals surface area contributed by atoms with E-state index in [0.29, 0.717) is 18.2 Å². The van der Waals surface area contributed by atoms with Crippen molar-refractivity contribution in [3.8, 4) is 22.6 Å². The van der Waals surface area contributed by atoms with Crippen LogP contribution in [0, 0.1) is 6.92 Å². The Morgan fingerprint density at radius 2 is 1.81 bits per heavy atom. The lowest BCUT2D eigenvalue weighted by molar-refractivity contribution is -0.131. The molecule has 0 spiro atoms. The van der Waals surface area contributed by atoms with Gasteiger partial charge in [-0.1, -0.05) is 54.1 Å². The normalized spacial score (nSPS) is 13.6. The SMILES string of the molecule is Cc1cccc(-c2cn(CC(=O)N3CCc4nc(N)sc4CC3)c(-c3ccccc3)n2)c1. The van der Waals surface area contributed by atoms with E-state index in [9.17, 15) is 4.79 Å².